The van der Waals surface area contributed by atoms with Gasteiger partial charge in [-0.1, -0.05) is 60.7 Å². The van der Waals surface area contributed by atoms with Gasteiger partial charge in [0.2, 0.25) is 0 Å². The van der Waals surface area contributed by atoms with E-state index in [1.54, 1.807) is 0 Å². The van der Waals surface area contributed by atoms with Crippen molar-refractivity contribution in [3.05, 3.63) is 89.7 Å². The van der Waals surface area contributed by atoms with E-state index in [0.29, 0.717) is 0 Å². The zero-order valence-electron chi connectivity index (χ0n) is 16.1. The molecule has 3 nitrogen and oxygen atoms in total. The van der Waals surface area contributed by atoms with Crippen molar-refractivity contribution in [2.24, 2.45) is 0 Å². The average Bonchev–Trinajstić information content (AvgIpc) is 2.78. The van der Waals surface area contributed by atoms with E-state index in [4.69, 9.17) is 5.73 Å². The number of nitrogens with zero attached hydrogens (tertiary/aromatic N) is 2. The van der Waals surface area contributed by atoms with Crippen molar-refractivity contribution in [3.8, 4) is 0 Å². The van der Waals surface area contributed by atoms with E-state index in [1.807, 2.05) is 6.20 Å². The molecule has 3 heteroatoms. The monoisotopic (exact) mass is 375 g/mol. The van der Waals surface area contributed by atoms with E-state index in [2.05, 4.69) is 76.9 Å². The molecule has 0 spiro atoms. The fourth-order valence-corrected chi connectivity index (χ4v) is 5.14. The molecule has 0 bridgehead atoms. The first-order valence-corrected chi connectivity index (χ1v) is 10.2. The fourth-order valence-electron chi connectivity index (χ4n) is 5.14. The number of nitrogen functional groups attached to an aromatic ring is 1. The van der Waals surface area contributed by atoms with Crippen molar-refractivity contribution in [2.75, 3.05) is 5.73 Å². The Morgan fingerprint density at radius 3 is 2.52 bits per heavy atom. The topological polar surface area (TPSA) is 51.8 Å². The van der Waals surface area contributed by atoms with Crippen molar-refractivity contribution in [3.63, 3.8) is 0 Å². The molecular weight excluding hydrogens is 354 g/mol. The van der Waals surface area contributed by atoms with Crippen LogP contribution in [0.1, 0.15) is 35.6 Å². The first-order chi connectivity index (χ1) is 14.3. The summed E-state index contributed by atoms with van der Waals surface area (Å²) in [6, 6.07) is 23.6. The van der Waals surface area contributed by atoms with E-state index in [0.717, 1.165) is 36.0 Å². The van der Waals surface area contributed by atoms with Gasteiger partial charge in [-0.25, -0.2) is 0 Å². The highest BCUT2D eigenvalue weighted by molar-refractivity contribution is 6.14. The lowest BCUT2D eigenvalue weighted by molar-refractivity contribution is 0.606. The van der Waals surface area contributed by atoms with Crippen LogP contribution in [0.25, 0.3) is 32.3 Å². The molecule has 0 saturated carbocycles. The Bertz CT molecular complexity index is 1400. The molecule has 1 atom stereocenters. The fraction of sp³-hybridized carbons (Fsp3) is 0.154. The molecule has 1 heterocycles. The quantitative estimate of drug-likeness (QED) is 0.289. The van der Waals surface area contributed by atoms with Crippen LogP contribution in [0.5, 0.6) is 0 Å². The third-order valence-electron chi connectivity index (χ3n) is 6.40. The van der Waals surface area contributed by atoms with Crippen molar-refractivity contribution < 1.29 is 0 Å². The van der Waals surface area contributed by atoms with E-state index in [1.165, 1.54) is 38.1 Å². The van der Waals surface area contributed by atoms with Gasteiger partial charge in [0.1, 0.15) is 0 Å². The number of anilines is 1. The number of benzene rings is 4. The van der Waals surface area contributed by atoms with Gasteiger partial charge in [0, 0.05) is 27.8 Å². The Balaban J connectivity index is 1.71. The molecule has 5 aromatic rings. The maximum Gasteiger partial charge on any atom is 0.0784 e. The van der Waals surface area contributed by atoms with Crippen molar-refractivity contribution in [2.45, 2.75) is 25.2 Å². The number of hydrogen-bond acceptors (Lipinski definition) is 3. The van der Waals surface area contributed by atoms with E-state index < -0.39 is 0 Å². The molecule has 6 rings (SSSR count). The summed E-state index contributed by atoms with van der Waals surface area (Å²) in [6.07, 6.45) is 5.17. The molecule has 29 heavy (non-hydrogen) atoms. The Morgan fingerprint density at radius 1 is 0.828 bits per heavy atom. The average molecular weight is 375 g/mol. The zero-order chi connectivity index (χ0) is 19.4. The van der Waals surface area contributed by atoms with Gasteiger partial charge in [0.25, 0.3) is 0 Å². The van der Waals surface area contributed by atoms with Crippen LogP contribution in [0.2, 0.25) is 0 Å². The highest BCUT2D eigenvalue weighted by Gasteiger charge is 2.28. The summed E-state index contributed by atoms with van der Waals surface area (Å²) in [7, 11) is 0. The van der Waals surface area contributed by atoms with Gasteiger partial charge in [0.05, 0.1) is 11.9 Å². The summed E-state index contributed by atoms with van der Waals surface area (Å²) in [5.74, 6) is 0.213. The van der Waals surface area contributed by atoms with Crippen LogP contribution in [0.3, 0.4) is 0 Å². The first kappa shape index (κ1) is 16.5. The summed E-state index contributed by atoms with van der Waals surface area (Å²) in [4.78, 5) is 0. The van der Waals surface area contributed by atoms with Gasteiger partial charge < -0.3 is 5.73 Å². The van der Waals surface area contributed by atoms with E-state index >= 15 is 0 Å². The van der Waals surface area contributed by atoms with Crippen LogP contribution in [0, 0.1) is 0 Å². The van der Waals surface area contributed by atoms with Crippen molar-refractivity contribution >= 4 is 38.0 Å². The third kappa shape index (κ3) is 2.44. The number of hydrogen-bond donors (Lipinski definition) is 1. The molecule has 0 amide bonds. The molecule has 0 aliphatic heterocycles. The summed E-state index contributed by atoms with van der Waals surface area (Å²) in [5, 5.41) is 16.2. The Morgan fingerprint density at radius 2 is 1.62 bits per heavy atom. The summed E-state index contributed by atoms with van der Waals surface area (Å²) >= 11 is 0. The van der Waals surface area contributed by atoms with E-state index in [-0.39, 0.29) is 5.92 Å². The van der Waals surface area contributed by atoms with Gasteiger partial charge in [-0.05, 0) is 52.6 Å². The van der Waals surface area contributed by atoms with Gasteiger partial charge in [-0.3, -0.25) is 0 Å². The minimum absolute atomic E-state index is 0.213. The number of aryl methyl sites for hydroxylation is 1. The van der Waals surface area contributed by atoms with Crippen molar-refractivity contribution in [1.29, 1.82) is 0 Å². The van der Waals surface area contributed by atoms with Crippen LogP contribution >= 0.6 is 0 Å². The number of nitrogens with two attached hydrogens (primary N) is 1. The predicted octanol–water partition coefficient (Wildman–Crippen LogP) is 5.99. The second kappa shape index (κ2) is 6.28. The number of rotatable bonds is 1. The molecule has 1 aliphatic carbocycles. The smallest absolute Gasteiger partial charge is 0.0784 e. The summed E-state index contributed by atoms with van der Waals surface area (Å²) in [5.41, 5.74) is 11.3. The molecule has 0 radical (unpaired) electrons. The van der Waals surface area contributed by atoms with Crippen LogP contribution in [-0.2, 0) is 6.42 Å². The Kier molecular flexibility index (Phi) is 3.57. The minimum Gasteiger partial charge on any atom is -0.398 e. The maximum absolute atomic E-state index is 6.66. The highest BCUT2D eigenvalue weighted by Crippen LogP contribution is 2.45. The lowest BCUT2D eigenvalue weighted by Gasteiger charge is -2.28. The molecule has 140 valence electrons. The first-order valence-electron chi connectivity index (χ1n) is 10.2. The van der Waals surface area contributed by atoms with Gasteiger partial charge >= 0.3 is 0 Å². The largest absolute Gasteiger partial charge is 0.398 e. The Hall–Kier alpha value is -3.46. The van der Waals surface area contributed by atoms with Crippen LogP contribution in [0.4, 0.5) is 5.69 Å². The predicted molar refractivity (Wildman–Crippen MR) is 120 cm³/mol. The molecular formula is C26H21N3. The molecule has 1 aliphatic rings. The summed E-state index contributed by atoms with van der Waals surface area (Å²) in [6.45, 7) is 0. The highest BCUT2D eigenvalue weighted by atomic mass is 15.1. The standard InChI is InChI=1S/C26H21N3/c27-23-14-17-6-1-3-9-19(17)21-13-12-16-8-5-11-22(24(16)25(21)23)26-20-10-4-2-7-18(20)15-28-29-26/h1-4,6-7,9-10,12-15,22H,5,8,11,27H2. The Labute approximate surface area is 169 Å². The van der Waals surface area contributed by atoms with Crippen LogP contribution in [0.15, 0.2) is 72.9 Å². The second-order valence-electron chi connectivity index (χ2n) is 8.01. The van der Waals surface area contributed by atoms with Gasteiger partial charge in [-0.2, -0.15) is 10.2 Å². The maximum atomic E-state index is 6.66. The molecule has 0 saturated heterocycles. The normalized spacial score (nSPS) is 16.3. The molecule has 1 aromatic heterocycles. The molecule has 4 aromatic carbocycles. The zero-order valence-corrected chi connectivity index (χ0v) is 16.1. The van der Waals surface area contributed by atoms with Crippen LogP contribution in [-0.4, -0.2) is 10.2 Å². The number of aromatic nitrogens is 2. The summed E-state index contributed by atoms with van der Waals surface area (Å²) < 4.78 is 0. The van der Waals surface area contributed by atoms with E-state index in [9.17, 15) is 0 Å². The lowest BCUT2D eigenvalue weighted by Crippen LogP contribution is -2.14. The lowest BCUT2D eigenvalue weighted by atomic mass is 9.76. The SMILES string of the molecule is Nc1cc2ccccc2c2ccc3c(c12)C(c1nncc2ccccc12)CCC3. The molecule has 0 fully saturated rings. The molecule has 2 N–H and O–H groups in total. The van der Waals surface area contributed by atoms with Crippen molar-refractivity contribution in [1.82, 2.24) is 10.2 Å². The van der Waals surface area contributed by atoms with Gasteiger partial charge in [-0.15, -0.1) is 0 Å². The van der Waals surface area contributed by atoms with Gasteiger partial charge in [0.15, 0.2) is 0 Å². The third-order valence-corrected chi connectivity index (χ3v) is 6.40. The number of fused-ring (bicyclic) bond motifs is 6. The second-order valence-corrected chi connectivity index (χ2v) is 8.01. The minimum atomic E-state index is 0.213. The van der Waals surface area contributed by atoms with Crippen LogP contribution < -0.4 is 5.73 Å². The molecule has 1 unspecified atom stereocenters.